The summed E-state index contributed by atoms with van der Waals surface area (Å²) in [5.41, 5.74) is 8.79. The van der Waals surface area contributed by atoms with Gasteiger partial charge < -0.3 is 0 Å². The summed E-state index contributed by atoms with van der Waals surface area (Å²) in [4.78, 5) is 0. The normalized spacial score (nSPS) is 24.2. The fraction of sp³-hybridized carbons (Fsp3) is 0.278. The molecule has 0 heteroatoms. The number of hydrogen-bond acceptors (Lipinski definition) is 0. The molecular formula is C18H18. The van der Waals surface area contributed by atoms with Gasteiger partial charge in [-0.15, -0.1) is 5.73 Å². The van der Waals surface area contributed by atoms with Gasteiger partial charge in [-0.25, -0.2) is 0 Å². The van der Waals surface area contributed by atoms with Gasteiger partial charge in [0.2, 0.25) is 0 Å². The molecule has 0 N–H and O–H groups in total. The Morgan fingerprint density at radius 1 is 1.17 bits per heavy atom. The Labute approximate surface area is 109 Å². The molecule has 2 atom stereocenters. The van der Waals surface area contributed by atoms with Gasteiger partial charge in [-0.2, -0.15) is 0 Å². The number of rotatable bonds is 3. The maximum atomic E-state index is 3.17. The second-order valence-electron chi connectivity index (χ2n) is 5.34. The van der Waals surface area contributed by atoms with E-state index in [2.05, 4.69) is 68.2 Å². The fourth-order valence-electron chi connectivity index (χ4n) is 2.64. The van der Waals surface area contributed by atoms with Crippen LogP contribution in [0.25, 0.3) is 0 Å². The molecule has 2 aliphatic rings. The number of aryl methyl sites for hydroxylation is 1. The molecule has 0 nitrogen and oxygen atoms in total. The third kappa shape index (κ3) is 2.25. The lowest BCUT2D eigenvalue weighted by Gasteiger charge is -2.23. The highest BCUT2D eigenvalue weighted by atomic mass is 14.2. The van der Waals surface area contributed by atoms with Crippen molar-refractivity contribution in [3.63, 3.8) is 0 Å². The minimum absolute atomic E-state index is 0.524. The average molecular weight is 234 g/mol. The van der Waals surface area contributed by atoms with E-state index in [1.807, 2.05) is 0 Å². The molecule has 0 saturated heterocycles. The molecule has 2 aliphatic carbocycles. The van der Waals surface area contributed by atoms with E-state index in [0.717, 1.165) is 6.42 Å². The van der Waals surface area contributed by atoms with Gasteiger partial charge in [0.25, 0.3) is 0 Å². The van der Waals surface area contributed by atoms with Crippen LogP contribution in [-0.2, 0) is 6.42 Å². The Balaban J connectivity index is 1.91. The molecule has 0 aliphatic heterocycles. The van der Waals surface area contributed by atoms with Crippen LogP contribution in [0.4, 0.5) is 0 Å². The van der Waals surface area contributed by atoms with E-state index in [4.69, 9.17) is 0 Å². The molecule has 0 aromatic heterocycles. The number of hydrogen-bond donors (Lipinski definition) is 0. The maximum Gasteiger partial charge on any atom is 0.00840 e. The molecule has 0 bridgehead atoms. The molecule has 0 amide bonds. The minimum atomic E-state index is 0.524. The summed E-state index contributed by atoms with van der Waals surface area (Å²) in [6, 6.07) is 6.88. The maximum absolute atomic E-state index is 3.17. The lowest BCUT2D eigenvalue weighted by atomic mass is 9.81. The summed E-state index contributed by atoms with van der Waals surface area (Å²) >= 11 is 0. The van der Waals surface area contributed by atoms with Crippen LogP contribution in [0, 0.1) is 12.8 Å². The highest BCUT2D eigenvalue weighted by Crippen LogP contribution is 2.33. The average Bonchev–Trinajstić information content (AvgIpc) is 3.17. The standard InChI is InChI=1S/C18H18/c1-13-5-3-4-6-17(13)18-12-16(8-7-14(18)2)11-15-9-10-15/h3-9,12-13,17H,11H2,1-2H3. The van der Waals surface area contributed by atoms with E-state index in [0.29, 0.717) is 11.8 Å². The van der Waals surface area contributed by atoms with Crippen molar-refractivity contribution in [1.82, 2.24) is 0 Å². The summed E-state index contributed by atoms with van der Waals surface area (Å²) in [6.07, 6.45) is 12.0. The van der Waals surface area contributed by atoms with Gasteiger partial charge >= 0.3 is 0 Å². The van der Waals surface area contributed by atoms with Crippen LogP contribution in [-0.4, -0.2) is 0 Å². The van der Waals surface area contributed by atoms with Crippen LogP contribution in [0.15, 0.2) is 59.9 Å². The van der Waals surface area contributed by atoms with E-state index in [1.165, 1.54) is 22.3 Å². The quantitative estimate of drug-likeness (QED) is 0.676. The largest absolute Gasteiger partial charge is 0.115 e. The summed E-state index contributed by atoms with van der Waals surface area (Å²) in [6.45, 7) is 4.51. The van der Waals surface area contributed by atoms with E-state index in [-0.39, 0.29) is 0 Å². The van der Waals surface area contributed by atoms with Crippen molar-refractivity contribution in [2.24, 2.45) is 5.92 Å². The zero-order valence-corrected chi connectivity index (χ0v) is 11.0. The highest BCUT2D eigenvalue weighted by Gasteiger charge is 2.18. The van der Waals surface area contributed by atoms with Crippen molar-refractivity contribution >= 4 is 0 Å². The number of benzene rings is 1. The Bertz CT molecular complexity index is 592. The second-order valence-corrected chi connectivity index (χ2v) is 5.34. The van der Waals surface area contributed by atoms with Crippen LogP contribution in [0.3, 0.4) is 0 Å². The molecule has 0 radical (unpaired) electrons. The third-order valence-electron chi connectivity index (χ3n) is 3.86. The summed E-state index contributed by atoms with van der Waals surface area (Å²) < 4.78 is 0. The van der Waals surface area contributed by atoms with Gasteiger partial charge in [0.1, 0.15) is 0 Å². The molecule has 1 aromatic carbocycles. The van der Waals surface area contributed by atoms with Crippen LogP contribution in [0.1, 0.15) is 29.5 Å². The SMILES string of the molecule is Cc1ccc(CC2=C=C2)cc1C1C=CC=CC1C. The van der Waals surface area contributed by atoms with Crippen molar-refractivity contribution in [3.8, 4) is 0 Å². The van der Waals surface area contributed by atoms with Crippen molar-refractivity contribution in [1.29, 1.82) is 0 Å². The van der Waals surface area contributed by atoms with E-state index >= 15 is 0 Å². The topological polar surface area (TPSA) is 0 Å². The molecule has 90 valence electrons. The Kier molecular flexibility index (Phi) is 2.81. The first-order valence-corrected chi connectivity index (χ1v) is 6.64. The monoisotopic (exact) mass is 234 g/mol. The van der Waals surface area contributed by atoms with Crippen LogP contribution < -0.4 is 0 Å². The van der Waals surface area contributed by atoms with E-state index in [9.17, 15) is 0 Å². The van der Waals surface area contributed by atoms with E-state index < -0.39 is 0 Å². The third-order valence-corrected chi connectivity index (χ3v) is 3.86. The smallest absolute Gasteiger partial charge is 0.00840 e. The predicted molar refractivity (Wildman–Crippen MR) is 76.7 cm³/mol. The van der Waals surface area contributed by atoms with Crippen molar-refractivity contribution in [2.75, 3.05) is 0 Å². The van der Waals surface area contributed by atoms with Crippen LogP contribution in [0.5, 0.6) is 0 Å². The van der Waals surface area contributed by atoms with Crippen molar-refractivity contribution in [3.05, 3.63) is 76.6 Å². The molecule has 3 rings (SSSR count). The van der Waals surface area contributed by atoms with Gasteiger partial charge in [0.15, 0.2) is 0 Å². The Morgan fingerprint density at radius 3 is 2.67 bits per heavy atom. The first-order chi connectivity index (χ1) is 8.74. The zero-order valence-electron chi connectivity index (χ0n) is 11.0. The number of allylic oxidation sites excluding steroid dienone is 5. The van der Waals surface area contributed by atoms with Crippen LogP contribution >= 0.6 is 0 Å². The molecule has 1 aromatic rings. The Hall–Kier alpha value is -1.78. The predicted octanol–water partition coefficient (Wildman–Crippen LogP) is 4.48. The van der Waals surface area contributed by atoms with E-state index in [1.54, 1.807) is 0 Å². The molecule has 2 unspecified atom stereocenters. The molecule has 0 heterocycles. The fourth-order valence-corrected chi connectivity index (χ4v) is 2.64. The first kappa shape index (κ1) is 11.3. The summed E-state index contributed by atoms with van der Waals surface area (Å²) in [7, 11) is 0. The molecule has 18 heavy (non-hydrogen) atoms. The first-order valence-electron chi connectivity index (χ1n) is 6.64. The van der Waals surface area contributed by atoms with Crippen molar-refractivity contribution in [2.45, 2.75) is 26.2 Å². The van der Waals surface area contributed by atoms with Gasteiger partial charge in [0, 0.05) is 17.9 Å². The zero-order chi connectivity index (χ0) is 12.5. The van der Waals surface area contributed by atoms with Crippen molar-refractivity contribution < 1.29 is 0 Å². The van der Waals surface area contributed by atoms with Gasteiger partial charge in [-0.05, 0) is 35.6 Å². The highest BCUT2D eigenvalue weighted by molar-refractivity contribution is 5.43. The minimum Gasteiger partial charge on any atom is -0.115 e. The summed E-state index contributed by atoms with van der Waals surface area (Å²) in [5.74, 6) is 1.11. The van der Waals surface area contributed by atoms with Gasteiger partial charge in [0.05, 0.1) is 0 Å². The molecule has 0 spiro atoms. The molecule has 0 saturated carbocycles. The van der Waals surface area contributed by atoms with Gasteiger partial charge in [-0.3, -0.25) is 0 Å². The van der Waals surface area contributed by atoms with Crippen LogP contribution in [0.2, 0.25) is 0 Å². The van der Waals surface area contributed by atoms with Gasteiger partial charge in [-0.1, -0.05) is 49.4 Å². The second kappa shape index (κ2) is 4.48. The summed E-state index contributed by atoms with van der Waals surface area (Å²) in [5, 5.41) is 0. The molecular weight excluding hydrogens is 216 g/mol. The lowest BCUT2D eigenvalue weighted by molar-refractivity contribution is 0.632. The molecule has 0 fully saturated rings. The Morgan fingerprint density at radius 2 is 1.94 bits per heavy atom. The lowest BCUT2D eigenvalue weighted by Crippen LogP contribution is -2.09.